The van der Waals surface area contributed by atoms with Gasteiger partial charge in [0.25, 0.3) is 0 Å². The summed E-state index contributed by atoms with van der Waals surface area (Å²) in [7, 11) is 0. The molecule has 0 radical (unpaired) electrons. The number of nitrogens with zero attached hydrogens (tertiary/aromatic N) is 3. The minimum atomic E-state index is -0.0506. The molecule has 1 N–H and O–H groups in total. The number of thioether (sulfide) groups is 1. The van der Waals surface area contributed by atoms with Crippen LogP contribution in [0, 0.1) is 0 Å². The lowest BCUT2D eigenvalue weighted by molar-refractivity contribution is -0.113. The number of hydrogen-bond acceptors (Lipinski definition) is 5. The molecule has 0 saturated carbocycles. The molecule has 28 heavy (non-hydrogen) atoms. The smallest absolute Gasteiger partial charge is 0.234 e. The van der Waals surface area contributed by atoms with E-state index < -0.39 is 0 Å². The number of hydrogen-bond donors (Lipinski definition) is 1. The monoisotopic (exact) mass is 456 g/mol. The largest absolute Gasteiger partial charge is 0.341 e. The molecule has 0 atom stereocenters. The minimum Gasteiger partial charge on any atom is -0.341 e. The van der Waals surface area contributed by atoms with Crippen molar-refractivity contribution in [3.05, 3.63) is 53.0 Å². The van der Waals surface area contributed by atoms with Crippen molar-refractivity contribution in [3.63, 3.8) is 0 Å². The summed E-state index contributed by atoms with van der Waals surface area (Å²) in [4.78, 5) is 24.2. The number of nitrogens with one attached hydrogen (secondary N) is 1. The molecular formula is C21H21BrN4OS. The molecule has 7 heteroatoms. The third kappa shape index (κ3) is 4.64. The van der Waals surface area contributed by atoms with Gasteiger partial charge in [-0.25, -0.2) is 9.97 Å². The lowest BCUT2D eigenvalue weighted by atomic mass is 10.1. The van der Waals surface area contributed by atoms with Crippen LogP contribution >= 0.6 is 27.7 Å². The normalized spacial score (nSPS) is 14.2. The molecular weight excluding hydrogens is 436 g/mol. The second-order valence-electron chi connectivity index (χ2n) is 6.74. The first-order chi connectivity index (χ1) is 13.7. The van der Waals surface area contributed by atoms with Crippen LogP contribution in [0.1, 0.15) is 19.3 Å². The molecule has 4 rings (SSSR count). The van der Waals surface area contributed by atoms with E-state index in [1.54, 1.807) is 0 Å². The second-order valence-corrected chi connectivity index (χ2v) is 8.62. The van der Waals surface area contributed by atoms with Gasteiger partial charge in [-0.15, -0.1) is 0 Å². The van der Waals surface area contributed by atoms with Crippen LogP contribution in [0.2, 0.25) is 0 Å². The molecule has 1 fully saturated rings. The van der Waals surface area contributed by atoms with Gasteiger partial charge in [-0.05, 0) is 43.5 Å². The molecule has 1 aromatic heterocycles. The third-order valence-corrected chi connectivity index (χ3v) is 6.13. The summed E-state index contributed by atoms with van der Waals surface area (Å²) in [5.41, 5.74) is 1.70. The van der Waals surface area contributed by atoms with Gasteiger partial charge in [0.1, 0.15) is 5.03 Å². The molecule has 2 heterocycles. The lowest BCUT2D eigenvalue weighted by Crippen LogP contribution is -2.31. The number of rotatable bonds is 5. The summed E-state index contributed by atoms with van der Waals surface area (Å²) in [5.74, 6) is 1.02. The fraction of sp³-hybridized carbons (Fsp3) is 0.286. The maximum atomic E-state index is 12.4. The SMILES string of the molecule is O=C(CSc1nc(N2CCCCC2)nc2ccccc12)Nc1cccc(Br)c1. The summed E-state index contributed by atoms with van der Waals surface area (Å²) >= 11 is 4.88. The summed E-state index contributed by atoms with van der Waals surface area (Å²) < 4.78 is 0.936. The van der Waals surface area contributed by atoms with Gasteiger partial charge >= 0.3 is 0 Å². The fourth-order valence-electron chi connectivity index (χ4n) is 3.28. The molecule has 2 aromatic carbocycles. The predicted molar refractivity (Wildman–Crippen MR) is 119 cm³/mol. The van der Waals surface area contributed by atoms with E-state index in [-0.39, 0.29) is 5.91 Å². The van der Waals surface area contributed by atoms with Crippen molar-refractivity contribution < 1.29 is 4.79 Å². The number of benzene rings is 2. The van der Waals surface area contributed by atoms with Crippen LogP contribution in [0.25, 0.3) is 10.9 Å². The van der Waals surface area contributed by atoms with E-state index in [9.17, 15) is 4.79 Å². The third-order valence-electron chi connectivity index (χ3n) is 4.64. The molecule has 1 amide bonds. The Kier molecular flexibility index (Phi) is 6.12. The van der Waals surface area contributed by atoms with Crippen molar-refractivity contribution in [3.8, 4) is 0 Å². The van der Waals surface area contributed by atoms with Gasteiger partial charge in [0, 0.05) is 28.6 Å². The van der Waals surface area contributed by atoms with E-state index in [1.807, 2.05) is 48.5 Å². The predicted octanol–water partition coefficient (Wildman–Crippen LogP) is 5.11. The fourth-order valence-corrected chi connectivity index (χ4v) is 4.49. The van der Waals surface area contributed by atoms with Crippen molar-refractivity contribution in [1.82, 2.24) is 9.97 Å². The summed E-state index contributed by atoms with van der Waals surface area (Å²) in [6.07, 6.45) is 3.61. The number of carbonyl (C=O) groups excluding carboxylic acids is 1. The van der Waals surface area contributed by atoms with Gasteiger partial charge in [-0.1, -0.05) is 52.0 Å². The Morgan fingerprint density at radius 2 is 1.89 bits per heavy atom. The van der Waals surface area contributed by atoms with Crippen LogP contribution in [-0.2, 0) is 4.79 Å². The van der Waals surface area contributed by atoms with Gasteiger partial charge < -0.3 is 10.2 Å². The van der Waals surface area contributed by atoms with Crippen LogP contribution < -0.4 is 10.2 Å². The highest BCUT2D eigenvalue weighted by Gasteiger charge is 2.17. The zero-order valence-electron chi connectivity index (χ0n) is 15.4. The summed E-state index contributed by atoms with van der Waals surface area (Å²) in [6, 6.07) is 15.6. The Hall–Kier alpha value is -2.12. The van der Waals surface area contributed by atoms with Crippen LogP contribution in [-0.4, -0.2) is 34.7 Å². The molecule has 0 unspecified atom stereocenters. The number of amides is 1. The van der Waals surface area contributed by atoms with Gasteiger partial charge in [0.15, 0.2) is 0 Å². The summed E-state index contributed by atoms with van der Waals surface area (Å²) in [6.45, 7) is 1.98. The average molecular weight is 457 g/mol. The highest BCUT2D eigenvalue weighted by Crippen LogP contribution is 2.28. The van der Waals surface area contributed by atoms with Gasteiger partial charge in [0.2, 0.25) is 11.9 Å². The Bertz CT molecular complexity index is 991. The number of fused-ring (bicyclic) bond motifs is 1. The van der Waals surface area contributed by atoms with Crippen molar-refractivity contribution in [2.75, 3.05) is 29.1 Å². The lowest BCUT2D eigenvalue weighted by Gasteiger charge is -2.27. The highest BCUT2D eigenvalue weighted by atomic mass is 79.9. The Labute approximate surface area is 177 Å². The molecule has 1 saturated heterocycles. The molecule has 0 bridgehead atoms. The molecule has 3 aromatic rings. The van der Waals surface area contributed by atoms with E-state index in [4.69, 9.17) is 9.97 Å². The summed E-state index contributed by atoms with van der Waals surface area (Å²) in [5, 5.41) is 4.78. The van der Waals surface area contributed by atoms with Crippen LogP contribution in [0.5, 0.6) is 0 Å². The number of para-hydroxylation sites is 1. The first-order valence-corrected chi connectivity index (χ1v) is 11.2. The first-order valence-electron chi connectivity index (χ1n) is 9.39. The zero-order valence-corrected chi connectivity index (χ0v) is 17.8. The zero-order chi connectivity index (χ0) is 19.3. The Balaban J connectivity index is 1.52. The maximum absolute atomic E-state index is 12.4. The number of carbonyl (C=O) groups is 1. The van der Waals surface area contributed by atoms with Crippen LogP contribution in [0.3, 0.4) is 0 Å². The average Bonchev–Trinajstić information content (AvgIpc) is 2.72. The van der Waals surface area contributed by atoms with Gasteiger partial charge in [-0.2, -0.15) is 0 Å². The molecule has 144 valence electrons. The highest BCUT2D eigenvalue weighted by molar-refractivity contribution is 9.10. The van der Waals surface area contributed by atoms with E-state index in [1.165, 1.54) is 31.0 Å². The first kappa shape index (κ1) is 19.2. The van der Waals surface area contributed by atoms with Gasteiger partial charge in [0.05, 0.1) is 11.3 Å². The van der Waals surface area contributed by atoms with Crippen molar-refractivity contribution in [1.29, 1.82) is 0 Å². The Morgan fingerprint density at radius 1 is 1.07 bits per heavy atom. The standard InChI is InChI=1S/C21H21BrN4OS/c22-15-7-6-8-16(13-15)23-19(27)14-28-20-17-9-2-3-10-18(17)24-21(25-20)26-11-4-1-5-12-26/h2-3,6-10,13H,1,4-5,11-12,14H2,(H,23,27). The topological polar surface area (TPSA) is 58.1 Å². The quantitative estimate of drug-likeness (QED) is 0.426. The maximum Gasteiger partial charge on any atom is 0.234 e. The number of halogens is 1. The van der Waals surface area contributed by atoms with Crippen LogP contribution in [0.4, 0.5) is 11.6 Å². The molecule has 0 spiro atoms. The Morgan fingerprint density at radius 3 is 2.71 bits per heavy atom. The van der Waals surface area contributed by atoms with E-state index >= 15 is 0 Å². The molecule has 5 nitrogen and oxygen atoms in total. The van der Waals surface area contributed by atoms with E-state index in [2.05, 4.69) is 26.1 Å². The van der Waals surface area contributed by atoms with Crippen molar-refractivity contribution in [2.45, 2.75) is 24.3 Å². The number of piperidine rings is 1. The number of aromatic nitrogens is 2. The van der Waals surface area contributed by atoms with Crippen molar-refractivity contribution in [2.24, 2.45) is 0 Å². The molecule has 0 aliphatic carbocycles. The van der Waals surface area contributed by atoms with E-state index in [0.29, 0.717) is 5.75 Å². The number of anilines is 2. The molecule has 1 aliphatic heterocycles. The molecule has 1 aliphatic rings. The van der Waals surface area contributed by atoms with Crippen LogP contribution in [0.15, 0.2) is 58.0 Å². The van der Waals surface area contributed by atoms with E-state index in [0.717, 1.165) is 45.1 Å². The second kappa shape index (κ2) is 8.92. The van der Waals surface area contributed by atoms with Gasteiger partial charge in [-0.3, -0.25) is 4.79 Å². The minimum absolute atomic E-state index is 0.0506. The van der Waals surface area contributed by atoms with Crippen molar-refractivity contribution >= 4 is 56.1 Å².